The van der Waals surface area contributed by atoms with Gasteiger partial charge >= 0.3 is 6.09 Å². The Balaban J connectivity index is 1.69. The van der Waals surface area contributed by atoms with Crippen molar-refractivity contribution < 1.29 is 24.2 Å². The van der Waals surface area contributed by atoms with Crippen molar-refractivity contribution in [3.05, 3.63) is 29.8 Å². The molecular weight excluding hydrogens is 324 g/mol. The average Bonchev–Trinajstić information content (AvgIpc) is 2.61. The molecule has 25 heavy (non-hydrogen) atoms. The van der Waals surface area contributed by atoms with Crippen LogP contribution in [0.15, 0.2) is 24.3 Å². The van der Waals surface area contributed by atoms with Gasteiger partial charge in [0.05, 0.1) is 6.61 Å². The van der Waals surface area contributed by atoms with E-state index < -0.39 is 6.10 Å². The third kappa shape index (κ3) is 6.03. The molecule has 2 rings (SSSR count). The molecule has 1 amide bonds. The number of piperazine rings is 1. The van der Waals surface area contributed by atoms with E-state index >= 15 is 0 Å². The Morgan fingerprint density at radius 1 is 1.16 bits per heavy atom. The van der Waals surface area contributed by atoms with Gasteiger partial charge in [0, 0.05) is 38.3 Å². The Morgan fingerprint density at radius 2 is 1.80 bits per heavy atom. The number of hydrogen-bond donors (Lipinski definition) is 1. The molecule has 0 radical (unpaired) electrons. The molecular formula is C18H26N2O5. The summed E-state index contributed by atoms with van der Waals surface area (Å²) in [5.74, 6) is 0.629. The van der Waals surface area contributed by atoms with Gasteiger partial charge in [-0.25, -0.2) is 4.79 Å². The Bertz CT molecular complexity index is 567. The molecule has 0 saturated carbocycles. The van der Waals surface area contributed by atoms with Crippen LogP contribution >= 0.6 is 0 Å². The van der Waals surface area contributed by atoms with Crippen molar-refractivity contribution >= 4 is 11.9 Å². The van der Waals surface area contributed by atoms with Gasteiger partial charge in [0.2, 0.25) is 0 Å². The van der Waals surface area contributed by atoms with Crippen molar-refractivity contribution in [1.82, 2.24) is 9.80 Å². The second-order valence-electron chi connectivity index (χ2n) is 6.03. The number of aliphatic hydroxyl groups excluding tert-OH is 1. The van der Waals surface area contributed by atoms with Crippen LogP contribution in [0.1, 0.15) is 24.2 Å². The summed E-state index contributed by atoms with van der Waals surface area (Å²) in [5.41, 5.74) is 0.632. The fourth-order valence-corrected chi connectivity index (χ4v) is 2.66. The van der Waals surface area contributed by atoms with Crippen LogP contribution in [0.4, 0.5) is 4.79 Å². The molecule has 1 aliphatic rings. The minimum absolute atomic E-state index is 0.00791. The van der Waals surface area contributed by atoms with E-state index in [0.717, 1.165) is 0 Å². The van der Waals surface area contributed by atoms with Gasteiger partial charge in [0.1, 0.15) is 18.5 Å². The van der Waals surface area contributed by atoms with E-state index in [0.29, 0.717) is 50.6 Å². The van der Waals surface area contributed by atoms with Crippen LogP contribution in [0, 0.1) is 0 Å². The molecule has 0 aliphatic carbocycles. The number of amides is 1. The number of rotatable bonds is 7. The lowest BCUT2D eigenvalue weighted by molar-refractivity contribution is 0.0407. The van der Waals surface area contributed by atoms with Crippen LogP contribution in [0.2, 0.25) is 0 Å². The van der Waals surface area contributed by atoms with Crippen molar-refractivity contribution in [2.24, 2.45) is 0 Å². The van der Waals surface area contributed by atoms with Gasteiger partial charge < -0.3 is 19.5 Å². The van der Waals surface area contributed by atoms with Crippen molar-refractivity contribution in [3.63, 3.8) is 0 Å². The number of ketones is 1. The van der Waals surface area contributed by atoms with E-state index in [9.17, 15) is 14.7 Å². The highest BCUT2D eigenvalue weighted by Crippen LogP contribution is 2.13. The molecule has 7 nitrogen and oxygen atoms in total. The fraction of sp³-hybridized carbons (Fsp3) is 0.556. The number of carbonyl (C=O) groups excluding carboxylic acids is 2. The van der Waals surface area contributed by atoms with Crippen LogP contribution in [-0.4, -0.2) is 78.8 Å². The predicted octanol–water partition coefficient (Wildman–Crippen LogP) is 1.40. The number of carbonyl (C=O) groups is 2. The van der Waals surface area contributed by atoms with Crippen LogP contribution < -0.4 is 4.74 Å². The molecule has 1 aromatic carbocycles. The van der Waals surface area contributed by atoms with Crippen molar-refractivity contribution in [3.8, 4) is 5.75 Å². The zero-order valence-corrected chi connectivity index (χ0v) is 14.8. The smallest absolute Gasteiger partial charge is 0.409 e. The van der Waals surface area contributed by atoms with E-state index in [4.69, 9.17) is 9.47 Å². The zero-order valence-electron chi connectivity index (χ0n) is 14.8. The first kappa shape index (κ1) is 19.2. The SMILES string of the molecule is CCOC(=O)N1CCN(CC(O)COc2ccc(C(C)=O)cc2)CC1. The quantitative estimate of drug-likeness (QED) is 0.749. The Morgan fingerprint density at radius 3 is 2.36 bits per heavy atom. The van der Waals surface area contributed by atoms with Gasteiger partial charge in [-0.15, -0.1) is 0 Å². The Labute approximate surface area is 148 Å². The summed E-state index contributed by atoms with van der Waals surface area (Å²) in [6.45, 7) is 6.94. The first-order chi connectivity index (χ1) is 12.0. The van der Waals surface area contributed by atoms with Gasteiger partial charge in [0.25, 0.3) is 0 Å². The predicted molar refractivity (Wildman–Crippen MR) is 93.0 cm³/mol. The monoisotopic (exact) mass is 350 g/mol. The molecule has 1 N–H and O–H groups in total. The largest absolute Gasteiger partial charge is 0.491 e. The van der Waals surface area contributed by atoms with Crippen LogP contribution in [0.5, 0.6) is 5.75 Å². The fourth-order valence-electron chi connectivity index (χ4n) is 2.66. The number of benzene rings is 1. The Hall–Kier alpha value is -2.12. The van der Waals surface area contributed by atoms with Crippen LogP contribution in [-0.2, 0) is 4.74 Å². The zero-order chi connectivity index (χ0) is 18.2. The van der Waals surface area contributed by atoms with E-state index in [1.807, 2.05) is 0 Å². The lowest BCUT2D eigenvalue weighted by Gasteiger charge is -2.34. The molecule has 1 heterocycles. The maximum Gasteiger partial charge on any atom is 0.409 e. The van der Waals surface area contributed by atoms with Crippen molar-refractivity contribution in [1.29, 1.82) is 0 Å². The number of aliphatic hydroxyl groups is 1. The highest BCUT2D eigenvalue weighted by Gasteiger charge is 2.23. The molecule has 1 atom stereocenters. The lowest BCUT2D eigenvalue weighted by atomic mass is 10.1. The molecule has 1 fully saturated rings. The van der Waals surface area contributed by atoms with Gasteiger partial charge in [-0.05, 0) is 38.1 Å². The van der Waals surface area contributed by atoms with E-state index in [2.05, 4.69) is 4.90 Å². The molecule has 0 spiro atoms. The summed E-state index contributed by atoms with van der Waals surface area (Å²) in [4.78, 5) is 26.7. The second kappa shape index (κ2) is 9.39. The molecule has 1 saturated heterocycles. The number of ether oxygens (including phenoxy) is 2. The highest BCUT2D eigenvalue weighted by atomic mass is 16.6. The summed E-state index contributed by atoms with van der Waals surface area (Å²) >= 11 is 0. The molecule has 1 aromatic rings. The minimum atomic E-state index is -0.623. The topological polar surface area (TPSA) is 79.3 Å². The molecule has 0 bridgehead atoms. The average molecular weight is 350 g/mol. The summed E-state index contributed by atoms with van der Waals surface area (Å²) < 4.78 is 10.5. The third-order valence-electron chi connectivity index (χ3n) is 4.07. The number of hydrogen-bond acceptors (Lipinski definition) is 6. The summed E-state index contributed by atoms with van der Waals surface area (Å²) in [5, 5.41) is 10.1. The number of Topliss-reactive ketones (excluding diaryl/α,β-unsaturated/α-hetero) is 1. The maximum atomic E-state index is 11.6. The third-order valence-corrected chi connectivity index (χ3v) is 4.07. The first-order valence-corrected chi connectivity index (χ1v) is 8.55. The van der Waals surface area contributed by atoms with E-state index in [-0.39, 0.29) is 18.5 Å². The van der Waals surface area contributed by atoms with Gasteiger partial charge in [-0.3, -0.25) is 9.69 Å². The second-order valence-corrected chi connectivity index (χ2v) is 6.03. The van der Waals surface area contributed by atoms with Gasteiger partial charge in [0.15, 0.2) is 5.78 Å². The minimum Gasteiger partial charge on any atom is -0.491 e. The highest BCUT2D eigenvalue weighted by molar-refractivity contribution is 5.94. The molecule has 7 heteroatoms. The van der Waals surface area contributed by atoms with Gasteiger partial charge in [-0.2, -0.15) is 0 Å². The Kier molecular flexibility index (Phi) is 7.21. The number of β-amino-alcohol motifs (C(OH)–C–C–N with tert-alkyl or cyclic N) is 1. The maximum absolute atomic E-state index is 11.6. The van der Waals surface area contributed by atoms with Crippen LogP contribution in [0.3, 0.4) is 0 Å². The van der Waals surface area contributed by atoms with Gasteiger partial charge in [-0.1, -0.05) is 0 Å². The normalized spacial score (nSPS) is 16.4. The van der Waals surface area contributed by atoms with Crippen molar-refractivity contribution in [2.75, 3.05) is 45.9 Å². The summed E-state index contributed by atoms with van der Waals surface area (Å²) in [6.07, 6.45) is -0.901. The number of nitrogens with zero attached hydrogens (tertiary/aromatic N) is 2. The summed E-state index contributed by atoms with van der Waals surface area (Å²) in [7, 11) is 0. The lowest BCUT2D eigenvalue weighted by Crippen LogP contribution is -2.51. The molecule has 0 aromatic heterocycles. The van der Waals surface area contributed by atoms with E-state index in [1.54, 1.807) is 36.1 Å². The van der Waals surface area contributed by atoms with Crippen LogP contribution in [0.25, 0.3) is 0 Å². The molecule has 1 aliphatic heterocycles. The van der Waals surface area contributed by atoms with E-state index in [1.165, 1.54) is 6.92 Å². The molecule has 138 valence electrons. The standard InChI is InChI=1S/C18H26N2O5/c1-3-24-18(23)20-10-8-19(9-11-20)12-16(22)13-25-17-6-4-15(5-7-17)14(2)21/h4-7,16,22H,3,8-13H2,1-2H3. The van der Waals surface area contributed by atoms with Crippen molar-refractivity contribution in [2.45, 2.75) is 20.0 Å². The first-order valence-electron chi connectivity index (χ1n) is 8.55. The summed E-state index contributed by atoms with van der Waals surface area (Å²) in [6, 6.07) is 6.86. The molecule has 1 unspecified atom stereocenters.